The number of thioether (sulfide) groups is 1. The van der Waals surface area contributed by atoms with Crippen molar-refractivity contribution in [1.82, 2.24) is 0 Å². The van der Waals surface area contributed by atoms with Crippen molar-refractivity contribution >= 4 is 34.2 Å². The van der Waals surface area contributed by atoms with E-state index < -0.39 is 0 Å². The number of hydrogen-bond acceptors (Lipinski definition) is 3. The van der Waals surface area contributed by atoms with Crippen molar-refractivity contribution in [2.24, 2.45) is 10.7 Å². The van der Waals surface area contributed by atoms with Crippen molar-refractivity contribution in [3.63, 3.8) is 0 Å². The Morgan fingerprint density at radius 2 is 1.80 bits per heavy atom. The summed E-state index contributed by atoms with van der Waals surface area (Å²) in [6, 6.07) is 17.0. The summed E-state index contributed by atoms with van der Waals surface area (Å²) in [6.07, 6.45) is 0. The summed E-state index contributed by atoms with van der Waals surface area (Å²) in [5, 5.41) is 1.14. The molecule has 2 N–H and O–H groups in total. The molecule has 0 radical (unpaired) electrons. The van der Waals surface area contributed by atoms with Crippen LogP contribution in [-0.4, -0.2) is 17.5 Å². The van der Waals surface area contributed by atoms with Crippen LogP contribution in [0.1, 0.15) is 0 Å². The van der Waals surface area contributed by atoms with E-state index in [2.05, 4.69) is 4.99 Å². The lowest BCUT2D eigenvalue weighted by molar-refractivity contribution is 0.344. The number of rotatable bonds is 5. The van der Waals surface area contributed by atoms with Gasteiger partial charge in [0.25, 0.3) is 0 Å². The molecule has 0 aromatic heterocycles. The Balaban J connectivity index is 1.76. The zero-order valence-electron chi connectivity index (χ0n) is 10.8. The maximum absolute atomic E-state index is 5.99. The minimum absolute atomic E-state index is 0.527. The lowest BCUT2D eigenvalue weighted by atomic mass is 10.3. The van der Waals surface area contributed by atoms with Gasteiger partial charge in [-0.15, -0.1) is 0 Å². The van der Waals surface area contributed by atoms with Gasteiger partial charge in [-0.05, 0) is 24.3 Å². The molecular weight excluding hydrogens is 292 g/mol. The SMILES string of the molecule is NC(=Nc1ccccc1)SCCOc1ccccc1Cl. The number of nitrogens with two attached hydrogens (primary N) is 1. The minimum atomic E-state index is 0.527. The second-order valence-electron chi connectivity index (χ2n) is 3.91. The maximum atomic E-state index is 5.99. The first-order valence-electron chi connectivity index (χ1n) is 6.15. The number of aliphatic imine (C=N–C) groups is 1. The Labute approximate surface area is 127 Å². The molecule has 5 heteroatoms. The standard InChI is InChI=1S/C15H15ClN2OS/c16-13-8-4-5-9-14(13)19-10-11-20-15(17)18-12-6-2-1-3-7-12/h1-9H,10-11H2,(H2,17,18). The molecule has 2 rings (SSSR count). The molecular formula is C15H15ClN2OS. The zero-order chi connectivity index (χ0) is 14.2. The summed E-state index contributed by atoms with van der Waals surface area (Å²) in [7, 11) is 0. The topological polar surface area (TPSA) is 47.6 Å². The fourth-order valence-electron chi connectivity index (χ4n) is 1.52. The molecule has 3 nitrogen and oxygen atoms in total. The molecule has 0 aliphatic heterocycles. The van der Waals surface area contributed by atoms with Crippen molar-refractivity contribution in [3.05, 3.63) is 59.6 Å². The third-order valence-corrected chi connectivity index (χ3v) is 3.49. The van der Waals surface area contributed by atoms with Gasteiger partial charge in [0.2, 0.25) is 0 Å². The summed E-state index contributed by atoms with van der Waals surface area (Å²) in [5.74, 6) is 1.40. The zero-order valence-corrected chi connectivity index (χ0v) is 12.4. The quantitative estimate of drug-likeness (QED) is 0.514. The second-order valence-corrected chi connectivity index (χ2v) is 5.44. The predicted molar refractivity (Wildman–Crippen MR) is 87.1 cm³/mol. The Morgan fingerprint density at radius 3 is 2.55 bits per heavy atom. The molecule has 0 heterocycles. The van der Waals surface area contributed by atoms with E-state index in [1.807, 2.05) is 48.5 Å². The fraction of sp³-hybridized carbons (Fsp3) is 0.133. The molecule has 2 aromatic rings. The van der Waals surface area contributed by atoms with E-state index in [1.54, 1.807) is 6.07 Å². The number of benzene rings is 2. The first-order valence-corrected chi connectivity index (χ1v) is 7.51. The Kier molecular flexibility index (Phi) is 5.77. The van der Waals surface area contributed by atoms with Gasteiger partial charge in [-0.1, -0.05) is 53.7 Å². The summed E-state index contributed by atoms with van der Waals surface area (Å²) < 4.78 is 5.57. The van der Waals surface area contributed by atoms with Crippen LogP contribution in [0, 0.1) is 0 Å². The molecule has 0 spiro atoms. The van der Waals surface area contributed by atoms with Crippen molar-refractivity contribution in [1.29, 1.82) is 0 Å². The van der Waals surface area contributed by atoms with Crippen LogP contribution in [-0.2, 0) is 0 Å². The number of nitrogens with zero attached hydrogens (tertiary/aromatic N) is 1. The van der Waals surface area contributed by atoms with Crippen LogP contribution >= 0.6 is 23.4 Å². The molecule has 0 atom stereocenters. The predicted octanol–water partition coefficient (Wildman–Crippen LogP) is 4.10. The summed E-state index contributed by atoms with van der Waals surface area (Å²) in [6.45, 7) is 0.527. The molecule has 0 saturated heterocycles. The molecule has 104 valence electrons. The highest BCUT2D eigenvalue weighted by Gasteiger charge is 2.00. The van der Waals surface area contributed by atoms with Gasteiger partial charge in [-0.3, -0.25) is 0 Å². The van der Waals surface area contributed by atoms with Crippen LogP contribution in [0.5, 0.6) is 5.75 Å². The number of hydrogen-bond donors (Lipinski definition) is 1. The number of amidine groups is 1. The lowest BCUT2D eigenvalue weighted by Crippen LogP contribution is -2.10. The molecule has 0 unspecified atom stereocenters. The average molecular weight is 307 g/mol. The smallest absolute Gasteiger partial charge is 0.159 e. The third kappa shape index (κ3) is 4.79. The molecule has 0 saturated carbocycles. The molecule has 20 heavy (non-hydrogen) atoms. The molecule has 0 aliphatic carbocycles. The minimum Gasteiger partial charge on any atom is -0.491 e. The van der Waals surface area contributed by atoms with Crippen molar-refractivity contribution in [2.75, 3.05) is 12.4 Å². The monoisotopic (exact) mass is 306 g/mol. The van der Waals surface area contributed by atoms with Gasteiger partial charge in [0.1, 0.15) is 5.75 Å². The number of ether oxygens (including phenoxy) is 1. The average Bonchev–Trinajstić information content (AvgIpc) is 2.46. The van der Waals surface area contributed by atoms with Gasteiger partial charge in [0.15, 0.2) is 5.17 Å². The van der Waals surface area contributed by atoms with Gasteiger partial charge in [-0.25, -0.2) is 4.99 Å². The van der Waals surface area contributed by atoms with Gasteiger partial charge in [0.05, 0.1) is 17.3 Å². The molecule has 0 bridgehead atoms. The molecule has 2 aromatic carbocycles. The van der Waals surface area contributed by atoms with Crippen LogP contribution in [0.3, 0.4) is 0 Å². The normalized spacial score (nSPS) is 11.3. The van der Waals surface area contributed by atoms with Gasteiger partial charge >= 0.3 is 0 Å². The van der Waals surface area contributed by atoms with E-state index in [9.17, 15) is 0 Å². The van der Waals surface area contributed by atoms with E-state index in [0.29, 0.717) is 28.3 Å². The maximum Gasteiger partial charge on any atom is 0.159 e. The highest BCUT2D eigenvalue weighted by Crippen LogP contribution is 2.23. The van der Waals surface area contributed by atoms with Crippen LogP contribution in [0.25, 0.3) is 0 Å². The van der Waals surface area contributed by atoms with Crippen LogP contribution in [0.4, 0.5) is 5.69 Å². The third-order valence-electron chi connectivity index (χ3n) is 2.42. The van der Waals surface area contributed by atoms with Crippen molar-refractivity contribution < 1.29 is 4.74 Å². The van der Waals surface area contributed by atoms with Gasteiger partial charge in [-0.2, -0.15) is 0 Å². The van der Waals surface area contributed by atoms with E-state index >= 15 is 0 Å². The second kappa shape index (κ2) is 7.82. The highest BCUT2D eigenvalue weighted by molar-refractivity contribution is 8.13. The van der Waals surface area contributed by atoms with E-state index in [4.69, 9.17) is 22.1 Å². The van der Waals surface area contributed by atoms with Crippen LogP contribution < -0.4 is 10.5 Å². The lowest BCUT2D eigenvalue weighted by Gasteiger charge is -2.07. The van der Waals surface area contributed by atoms with Crippen molar-refractivity contribution in [3.8, 4) is 5.75 Å². The fourth-order valence-corrected chi connectivity index (χ4v) is 2.26. The van der Waals surface area contributed by atoms with Gasteiger partial charge in [0, 0.05) is 5.75 Å². The first-order chi connectivity index (χ1) is 9.75. The summed E-state index contributed by atoms with van der Waals surface area (Å²) >= 11 is 7.45. The van der Waals surface area contributed by atoms with Gasteiger partial charge < -0.3 is 10.5 Å². The number of para-hydroxylation sites is 2. The summed E-state index contributed by atoms with van der Waals surface area (Å²) in [4.78, 5) is 4.30. The Hall–Kier alpha value is -1.65. The van der Waals surface area contributed by atoms with Crippen LogP contribution in [0.15, 0.2) is 59.6 Å². The highest BCUT2D eigenvalue weighted by atomic mass is 35.5. The number of halogens is 1. The van der Waals surface area contributed by atoms with E-state index in [-0.39, 0.29) is 0 Å². The molecule has 0 amide bonds. The van der Waals surface area contributed by atoms with Crippen LogP contribution in [0.2, 0.25) is 5.02 Å². The molecule has 0 aliphatic rings. The summed E-state index contributed by atoms with van der Waals surface area (Å²) in [5.41, 5.74) is 6.70. The van der Waals surface area contributed by atoms with E-state index in [0.717, 1.165) is 5.69 Å². The largest absolute Gasteiger partial charge is 0.491 e. The Bertz CT molecular complexity index is 575. The first kappa shape index (κ1) is 14.8. The van der Waals surface area contributed by atoms with E-state index in [1.165, 1.54) is 11.8 Å². The Morgan fingerprint density at radius 1 is 1.10 bits per heavy atom. The molecule has 0 fully saturated rings. The van der Waals surface area contributed by atoms with Crippen molar-refractivity contribution in [2.45, 2.75) is 0 Å².